The molecule has 5 N–H and O–H groups in total. The zero-order valence-electron chi connectivity index (χ0n) is 16.9. The first-order valence-electron chi connectivity index (χ1n) is 10.2. The third-order valence-corrected chi connectivity index (χ3v) is 6.21. The summed E-state index contributed by atoms with van der Waals surface area (Å²) in [6, 6.07) is 9.57. The minimum atomic E-state index is -0.699. The largest absolute Gasteiger partial charge is 0.385 e. The van der Waals surface area contributed by atoms with Crippen molar-refractivity contribution in [2.45, 2.75) is 43.9 Å². The van der Waals surface area contributed by atoms with E-state index in [0.29, 0.717) is 23.8 Å². The van der Waals surface area contributed by atoms with Gasteiger partial charge in [0.1, 0.15) is 17.6 Å². The maximum Gasteiger partial charge on any atom is 0.167 e. The van der Waals surface area contributed by atoms with Gasteiger partial charge >= 0.3 is 0 Å². The highest BCUT2D eigenvalue weighted by molar-refractivity contribution is 5.59. The smallest absolute Gasteiger partial charge is 0.167 e. The average molecular weight is 403 g/mol. The van der Waals surface area contributed by atoms with Gasteiger partial charge in [-0.2, -0.15) is 0 Å². The molecule has 3 aliphatic rings. The molecule has 7 heteroatoms. The van der Waals surface area contributed by atoms with Crippen molar-refractivity contribution in [3.8, 4) is 23.2 Å². The summed E-state index contributed by atoms with van der Waals surface area (Å²) >= 11 is 0. The van der Waals surface area contributed by atoms with E-state index in [9.17, 15) is 5.11 Å². The lowest BCUT2D eigenvalue weighted by atomic mass is 9.40. The second-order valence-corrected chi connectivity index (χ2v) is 8.74. The van der Waals surface area contributed by atoms with Crippen LogP contribution in [-0.4, -0.2) is 31.9 Å². The summed E-state index contributed by atoms with van der Waals surface area (Å²) in [6.45, 7) is 1.98. The number of aliphatic hydroxyl groups excluding tert-OH is 1. The molecule has 154 valence electrons. The lowest BCUT2D eigenvalue weighted by Gasteiger charge is -2.66. The Morgan fingerprint density at radius 2 is 2.00 bits per heavy atom. The summed E-state index contributed by atoms with van der Waals surface area (Å²) in [6.07, 6.45) is 5.83. The van der Waals surface area contributed by atoms with Crippen LogP contribution in [0, 0.1) is 17.3 Å². The SMILES string of the molecule is C[C@H](O)c1nccn1[C@H](CN)c1cc(-c2ccc(C#CC34CC(N)(C3)C4)cc2)on1. The van der Waals surface area contributed by atoms with Crippen LogP contribution in [-0.2, 0) is 0 Å². The number of hydrogen-bond donors (Lipinski definition) is 3. The number of aromatic nitrogens is 3. The van der Waals surface area contributed by atoms with Gasteiger partial charge in [0.2, 0.25) is 0 Å². The molecule has 3 fully saturated rings. The van der Waals surface area contributed by atoms with Gasteiger partial charge in [0.15, 0.2) is 5.76 Å². The number of rotatable bonds is 5. The standard InChI is InChI=1S/C23H25N5O2/c1-15(29)21-26-8-9-28(21)19(11-24)18-10-20(30-27-18)17-4-2-16(3-5-17)6-7-22-12-23(25,13-22)14-22/h2-5,8-10,15,19,29H,11-14,24-25H2,1H3/t15-,19+,22?,23?/m0/s1. The van der Waals surface area contributed by atoms with Crippen LogP contribution in [0.15, 0.2) is 47.2 Å². The fraction of sp³-hybridized carbons (Fsp3) is 0.391. The molecule has 0 aliphatic heterocycles. The molecule has 3 aliphatic carbocycles. The van der Waals surface area contributed by atoms with E-state index in [1.54, 1.807) is 19.3 Å². The molecule has 0 spiro atoms. The Labute approximate surface area is 175 Å². The molecule has 30 heavy (non-hydrogen) atoms. The second-order valence-electron chi connectivity index (χ2n) is 8.74. The Morgan fingerprint density at radius 3 is 2.63 bits per heavy atom. The van der Waals surface area contributed by atoms with E-state index in [0.717, 1.165) is 30.4 Å². The lowest BCUT2D eigenvalue weighted by molar-refractivity contribution is -0.0807. The predicted octanol–water partition coefficient (Wildman–Crippen LogP) is 2.37. The minimum absolute atomic E-state index is 0.0800. The van der Waals surface area contributed by atoms with Crippen LogP contribution in [0.1, 0.15) is 55.4 Å². The van der Waals surface area contributed by atoms with Crippen molar-refractivity contribution in [1.82, 2.24) is 14.7 Å². The molecule has 2 aromatic heterocycles. The quantitative estimate of drug-likeness (QED) is 0.563. The molecule has 6 rings (SSSR count). The summed E-state index contributed by atoms with van der Waals surface area (Å²) in [4.78, 5) is 4.22. The molecular weight excluding hydrogens is 378 g/mol. The number of aliphatic hydroxyl groups is 1. The maximum absolute atomic E-state index is 9.94. The third-order valence-electron chi connectivity index (χ3n) is 6.21. The first-order valence-corrected chi connectivity index (χ1v) is 10.2. The summed E-state index contributed by atoms with van der Waals surface area (Å²) in [5.74, 6) is 7.90. The predicted molar refractivity (Wildman–Crippen MR) is 112 cm³/mol. The highest BCUT2D eigenvalue weighted by atomic mass is 16.5. The van der Waals surface area contributed by atoms with Crippen LogP contribution in [0.25, 0.3) is 11.3 Å². The van der Waals surface area contributed by atoms with Crippen molar-refractivity contribution < 1.29 is 9.63 Å². The zero-order chi connectivity index (χ0) is 20.9. The molecule has 0 radical (unpaired) electrons. The van der Waals surface area contributed by atoms with Crippen LogP contribution in [0.5, 0.6) is 0 Å². The van der Waals surface area contributed by atoms with E-state index >= 15 is 0 Å². The zero-order valence-corrected chi connectivity index (χ0v) is 16.9. The molecule has 3 aromatic rings. The van der Waals surface area contributed by atoms with Gasteiger partial charge in [-0.3, -0.25) is 0 Å². The van der Waals surface area contributed by atoms with Gasteiger partial charge in [-0.1, -0.05) is 17.0 Å². The summed E-state index contributed by atoms with van der Waals surface area (Å²) in [5, 5.41) is 14.2. The molecule has 0 amide bonds. The normalized spacial score (nSPS) is 26.1. The molecule has 7 nitrogen and oxygen atoms in total. The van der Waals surface area contributed by atoms with Crippen molar-refractivity contribution in [3.05, 3.63) is 59.8 Å². The van der Waals surface area contributed by atoms with Crippen LogP contribution >= 0.6 is 0 Å². The monoisotopic (exact) mass is 403 g/mol. The van der Waals surface area contributed by atoms with E-state index < -0.39 is 6.10 Å². The second kappa shape index (κ2) is 6.81. The minimum Gasteiger partial charge on any atom is -0.385 e. The van der Waals surface area contributed by atoms with Gasteiger partial charge in [0.25, 0.3) is 0 Å². The van der Waals surface area contributed by atoms with E-state index in [4.69, 9.17) is 16.0 Å². The number of nitrogens with two attached hydrogens (primary N) is 2. The molecular formula is C23H25N5O2. The average Bonchev–Trinajstić information content (AvgIpc) is 3.35. The van der Waals surface area contributed by atoms with E-state index in [1.165, 1.54) is 0 Å². The number of hydrogen-bond acceptors (Lipinski definition) is 6. The molecule has 0 saturated heterocycles. The van der Waals surface area contributed by atoms with E-state index in [2.05, 4.69) is 22.0 Å². The van der Waals surface area contributed by atoms with Gasteiger partial charge in [0, 0.05) is 47.1 Å². The van der Waals surface area contributed by atoms with Crippen LogP contribution < -0.4 is 11.5 Å². The first kappa shape index (κ1) is 19.1. The highest BCUT2D eigenvalue weighted by Gasteiger charge is 2.65. The van der Waals surface area contributed by atoms with Crippen LogP contribution in [0.2, 0.25) is 0 Å². The summed E-state index contributed by atoms with van der Waals surface area (Å²) in [5.41, 5.74) is 14.9. The Morgan fingerprint density at radius 1 is 1.27 bits per heavy atom. The number of benzene rings is 1. The maximum atomic E-state index is 9.94. The fourth-order valence-corrected chi connectivity index (χ4v) is 4.79. The molecule has 3 saturated carbocycles. The highest BCUT2D eigenvalue weighted by Crippen LogP contribution is 2.65. The Bertz CT molecular complexity index is 1110. The Hall–Kier alpha value is -2.92. The molecule has 2 atom stereocenters. The van der Waals surface area contributed by atoms with Gasteiger partial charge in [0.05, 0.1) is 6.04 Å². The van der Waals surface area contributed by atoms with Gasteiger partial charge in [-0.15, -0.1) is 0 Å². The van der Waals surface area contributed by atoms with Gasteiger partial charge in [-0.25, -0.2) is 4.98 Å². The Balaban J connectivity index is 1.34. The first-order chi connectivity index (χ1) is 14.4. The van der Waals surface area contributed by atoms with Gasteiger partial charge < -0.3 is 25.7 Å². The van der Waals surface area contributed by atoms with E-state index in [1.807, 2.05) is 34.9 Å². The Kier molecular flexibility index (Phi) is 4.33. The van der Waals surface area contributed by atoms with Crippen LogP contribution in [0.4, 0.5) is 0 Å². The van der Waals surface area contributed by atoms with Crippen molar-refractivity contribution in [2.75, 3.05) is 6.54 Å². The van der Waals surface area contributed by atoms with Crippen molar-refractivity contribution >= 4 is 0 Å². The molecule has 1 aromatic carbocycles. The van der Waals surface area contributed by atoms with Crippen LogP contribution in [0.3, 0.4) is 0 Å². The summed E-state index contributed by atoms with van der Waals surface area (Å²) in [7, 11) is 0. The van der Waals surface area contributed by atoms with Crippen molar-refractivity contribution in [1.29, 1.82) is 0 Å². The van der Waals surface area contributed by atoms with Crippen molar-refractivity contribution in [2.24, 2.45) is 16.9 Å². The van der Waals surface area contributed by atoms with Gasteiger partial charge in [-0.05, 0) is 50.5 Å². The lowest BCUT2D eigenvalue weighted by Crippen LogP contribution is -2.71. The van der Waals surface area contributed by atoms with E-state index in [-0.39, 0.29) is 17.0 Å². The third kappa shape index (κ3) is 3.14. The molecule has 2 heterocycles. The van der Waals surface area contributed by atoms with Crippen molar-refractivity contribution in [3.63, 3.8) is 0 Å². The summed E-state index contributed by atoms with van der Waals surface area (Å²) < 4.78 is 7.41. The number of nitrogens with zero attached hydrogens (tertiary/aromatic N) is 3. The molecule has 2 bridgehead atoms. The molecule has 0 unspecified atom stereocenters. The fourth-order valence-electron chi connectivity index (χ4n) is 4.79. The number of imidazole rings is 1. The topological polar surface area (TPSA) is 116 Å².